The largest absolute Gasteiger partial charge is 0.379 e. The molecule has 29 heavy (non-hydrogen) atoms. The molecular formula is C22H45N5O2. The molecule has 0 aromatic carbocycles. The molecule has 2 aliphatic rings. The third-order valence-corrected chi connectivity index (χ3v) is 5.84. The number of hydrogen-bond donors (Lipinski definition) is 2. The molecule has 0 spiro atoms. The summed E-state index contributed by atoms with van der Waals surface area (Å²) in [6.45, 7) is 18.5. The second-order valence-electron chi connectivity index (χ2n) is 9.20. The van der Waals surface area contributed by atoms with Crippen molar-refractivity contribution < 1.29 is 9.47 Å². The highest BCUT2D eigenvalue weighted by Crippen LogP contribution is 2.14. The third-order valence-electron chi connectivity index (χ3n) is 5.84. The molecular weight excluding hydrogens is 366 g/mol. The van der Waals surface area contributed by atoms with E-state index < -0.39 is 0 Å². The van der Waals surface area contributed by atoms with E-state index in [9.17, 15) is 0 Å². The Labute approximate surface area is 178 Å². The van der Waals surface area contributed by atoms with Gasteiger partial charge in [-0.1, -0.05) is 27.7 Å². The Hall–Kier alpha value is -0.890. The third kappa shape index (κ3) is 9.20. The van der Waals surface area contributed by atoms with Crippen molar-refractivity contribution in [2.45, 2.75) is 52.6 Å². The number of morpholine rings is 2. The molecule has 2 fully saturated rings. The highest BCUT2D eigenvalue weighted by molar-refractivity contribution is 5.79. The Balaban J connectivity index is 1.86. The fourth-order valence-corrected chi connectivity index (χ4v) is 4.35. The fraction of sp³-hybridized carbons (Fsp3) is 0.955. The first-order chi connectivity index (χ1) is 14.0. The summed E-state index contributed by atoms with van der Waals surface area (Å²) < 4.78 is 11.1. The highest BCUT2D eigenvalue weighted by atomic mass is 16.5. The average Bonchev–Trinajstić information content (AvgIpc) is 2.72. The summed E-state index contributed by atoms with van der Waals surface area (Å²) in [6, 6.07) is 1.03. The van der Waals surface area contributed by atoms with Crippen LogP contribution >= 0.6 is 0 Å². The zero-order chi connectivity index (χ0) is 21.1. The Bertz CT molecular complexity index is 422. The summed E-state index contributed by atoms with van der Waals surface area (Å²) >= 11 is 0. The Kier molecular flexibility index (Phi) is 11.3. The van der Waals surface area contributed by atoms with Crippen molar-refractivity contribution in [3.8, 4) is 0 Å². The lowest BCUT2D eigenvalue weighted by molar-refractivity contribution is 0.0125. The topological polar surface area (TPSA) is 61.4 Å². The Morgan fingerprint density at radius 2 is 1.14 bits per heavy atom. The molecule has 7 nitrogen and oxygen atoms in total. The second-order valence-corrected chi connectivity index (χ2v) is 9.20. The maximum absolute atomic E-state index is 5.54. The minimum atomic E-state index is 0.517. The van der Waals surface area contributed by atoms with Crippen LogP contribution in [0.15, 0.2) is 4.99 Å². The molecule has 0 saturated carbocycles. The summed E-state index contributed by atoms with van der Waals surface area (Å²) in [5, 5.41) is 7.19. The molecule has 2 unspecified atom stereocenters. The predicted molar refractivity (Wildman–Crippen MR) is 121 cm³/mol. The Morgan fingerprint density at radius 1 is 0.759 bits per heavy atom. The lowest BCUT2D eigenvalue weighted by Gasteiger charge is -2.37. The molecule has 0 amide bonds. The number of guanidine groups is 1. The minimum Gasteiger partial charge on any atom is -0.379 e. The van der Waals surface area contributed by atoms with E-state index in [1.165, 1.54) is 12.8 Å². The number of nitrogens with zero attached hydrogens (tertiary/aromatic N) is 3. The molecule has 2 heterocycles. The predicted octanol–water partition coefficient (Wildman–Crippen LogP) is 1.65. The summed E-state index contributed by atoms with van der Waals surface area (Å²) in [5.74, 6) is 2.27. The monoisotopic (exact) mass is 411 g/mol. The zero-order valence-electron chi connectivity index (χ0n) is 19.5. The van der Waals surface area contributed by atoms with Gasteiger partial charge >= 0.3 is 0 Å². The number of ether oxygens (including phenoxy) is 2. The molecule has 2 rings (SSSR count). The number of nitrogens with one attached hydrogen (secondary N) is 2. The SMILES string of the molecule is CN=C(NCC(CC(C)C)N1CCOCC1)NCC(CC(C)C)N1CCOCC1. The number of aliphatic imine (C=N–C) groups is 1. The molecule has 0 aromatic heterocycles. The van der Waals surface area contributed by atoms with Crippen LogP contribution in [0.5, 0.6) is 0 Å². The summed E-state index contributed by atoms with van der Waals surface area (Å²) in [4.78, 5) is 9.63. The van der Waals surface area contributed by atoms with E-state index in [2.05, 4.69) is 53.1 Å². The van der Waals surface area contributed by atoms with Gasteiger partial charge in [0.15, 0.2) is 5.96 Å². The van der Waals surface area contributed by atoms with Gasteiger partial charge in [0.25, 0.3) is 0 Å². The van der Waals surface area contributed by atoms with Gasteiger partial charge < -0.3 is 20.1 Å². The van der Waals surface area contributed by atoms with Crippen molar-refractivity contribution in [3.05, 3.63) is 0 Å². The lowest BCUT2D eigenvalue weighted by atomic mass is 10.0. The van der Waals surface area contributed by atoms with Crippen molar-refractivity contribution in [2.24, 2.45) is 16.8 Å². The molecule has 2 saturated heterocycles. The summed E-state index contributed by atoms with van der Waals surface area (Å²) in [7, 11) is 1.87. The molecule has 0 aromatic rings. The lowest BCUT2D eigenvalue weighted by Crippen LogP contribution is -2.53. The minimum absolute atomic E-state index is 0.517. The molecule has 2 aliphatic heterocycles. The van der Waals surface area contributed by atoms with Crippen LogP contribution in [0.1, 0.15) is 40.5 Å². The van der Waals surface area contributed by atoms with E-state index in [1.807, 2.05) is 7.05 Å². The van der Waals surface area contributed by atoms with Gasteiger partial charge in [-0.05, 0) is 24.7 Å². The van der Waals surface area contributed by atoms with Crippen molar-refractivity contribution in [2.75, 3.05) is 72.7 Å². The van der Waals surface area contributed by atoms with Crippen LogP contribution in [0.25, 0.3) is 0 Å². The van der Waals surface area contributed by atoms with Crippen LogP contribution in [-0.2, 0) is 9.47 Å². The second kappa shape index (κ2) is 13.4. The van der Waals surface area contributed by atoms with Gasteiger partial charge in [0.1, 0.15) is 0 Å². The fourth-order valence-electron chi connectivity index (χ4n) is 4.35. The van der Waals surface area contributed by atoms with Crippen LogP contribution in [0.2, 0.25) is 0 Å². The molecule has 170 valence electrons. The van der Waals surface area contributed by atoms with Crippen LogP contribution in [0, 0.1) is 11.8 Å². The van der Waals surface area contributed by atoms with Crippen molar-refractivity contribution in [1.29, 1.82) is 0 Å². The van der Waals surface area contributed by atoms with E-state index in [-0.39, 0.29) is 0 Å². The summed E-state index contributed by atoms with van der Waals surface area (Å²) in [6.07, 6.45) is 2.38. The number of rotatable bonds is 10. The molecule has 0 aliphatic carbocycles. The maximum Gasteiger partial charge on any atom is 0.191 e. The quantitative estimate of drug-likeness (QED) is 0.421. The first-order valence-corrected chi connectivity index (χ1v) is 11.6. The van der Waals surface area contributed by atoms with Crippen molar-refractivity contribution in [3.63, 3.8) is 0 Å². The smallest absolute Gasteiger partial charge is 0.191 e. The van der Waals surface area contributed by atoms with Gasteiger partial charge in [0.05, 0.1) is 26.4 Å². The molecule has 0 bridgehead atoms. The van der Waals surface area contributed by atoms with Crippen LogP contribution < -0.4 is 10.6 Å². The average molecular weight is 412 g/mol. The molecule has 7 heteroatoms. The number of hydrogen-bond acceptors (Lipinski definition) is 5. The maximum atomic E-state index is 5.54. The van der Waals surface area contributed by atoms with E-state index >= 15 is 0 Å². The van der Waals surface area contributed by atoms with Gasteiger partial charge in [-0.3, -0.25) is 14.8 Å². The normalized spacial score (nSPS) is 21.2. The van der Waals surface area contributed by atoms with Gasteiger partial charge in [-0.25, -0.2) is 0 Å². The summed E-state index contributed by atoms with van der Waals surface area (Å²) in [5.41, 5.74) is 0. The van der Waals surface area contributed by atoms with Crippen LogP contribution in [-0.4, -0.2) is 101 Å². The van der Waals surface area contributed by atoms with E-state index in [0.717, 1.165) is 71.7 Å². The highest BCUT2D eigenvalue weighted by Gasteiger charge is 2.24. The van der Waals surface area contributed by atoms with Crippen molar-refractivity contribution >= 4 is 5.96 Å². The zero-order valence-corrected chi connectivity index (χ0v) is 19.5. The van der Waals surface area contributed by atoms with Gasteiger partial charge in [0.2, 0.25) is 0 Å². The van der Waals surface area contributed by atoms with E-state index in [0.29, 0.717) is 23.9 Å². The van der Waals surface area contributed by atoms with Gasteiger partial charge in [-0.2, -0.15) is 0 Å². The van der Waals surface area contributed by atoms with Crippen molar-refractivity contribution in [1.82, 2.24) is 20.4 Å². The van der Waals surface area contributed by atoms with Gasteiger partial charge in [0, 0.05) is 58.4 Å². The molecule has 0 radical (unpaired) electrons. The molecule has 2 N–H and O–H groups in total. The molecule has 2 atom stereocenters. The van der Waals surface area contributed by atoms with E-state index in [1.54, 1.807) is 0 Å². The first-order valence-electron chi connectivity index (χ1n) is 11.6. The van der Waals surface area contributed by atoms with Crippen LogP contribution in [0.3, 0.4) is 0 Å². The Morgan fingerprint density at radius 3 is 1.45 bits per heavy atom. The first kappa shape index (κ1) is 24.4. The standard InChI is InChI=1S/C22H45N5O2/c1-18(2)14-20(26-6-10-28-11-7-26)16-24-22(23-5)25-17-21(15-19(3)4)27-8-12-29-13-9-27/h18-21H,6-17H2,1-5H3,(H2,23,24,25). The van der Waals surface area contributed by atoms with E-state index in [4.69, 9.17) is 9.47 Å². The van der Waals surface area contributed by atoms with Gasteiger partial charge in [-0.15, -0.1) is 0 Å². The van der Waals surface area contributed by atoms with Crippen LogP contribution in [0.4, 0.5) is 0 Å².